The first-order valence-corrected chi connectivity index (χ1v) is 52.4. The fourth-order valence-electron chi connectivity index (χ4n) is 17.0. The number of amides is 17. The van der Waals surface area contributed by atoms with E-state index in [1.165, 1.54) is 47.2 Å². The minimum absolute atomic E-state index is 0.000879. The van der Waals surface area contributed by atoms with Crippen LogP contribution in [0.15, 0.2) is 85.1 Å². The van der Waals surface area contributed by atoms with Gasteiger partial charge in [-0.2, -0.15) is 0 Å². The molecule has 17 amide bonds. The number of aliphatic hydroxyl groups excluding tert-OH is 2. The van der Waals surface area contributed by atoms with Gasteiger partial charge in [0.2, 0.25) is 100 Å². The van der Waals surface area contributed by atoms with E-state index in [9.17, 15) is 68.4 Å². The Kier molecular flexibility index (Phi) is 50.3. The molecule has 0 spiro atoms. The van der Waals surface area contributed by atoms with E-state index >= 15 is 38.4 Å². The second-order valence-corrected chi connectivity index (χ2v) is 40.7. The van der Waals surface area contributed by atoms with Crippen molar-refractivity contribution in [2.75, 3.05) is 63.9 Å². The van der Waals surface area contributed by atoms with Crippen LogP contribution in [0.3, 0.4) is 0 Å². The van der Waals surface area contributed by atoms with Gasteiger partial charge in [-0.1, -0.05) is 124 Å². The molecule has 4 heterocycles. The monoisotopic (exact) mass is 2110 g/mol. The molecule has 3 saturated heterocycles. The van der Waals surface area contributed by atoms with Crippen molar-refractivity contribution in [3.8, 4) is 5.75 Å². The maximum absolute atomic E-state index is 15.7. The second-order valence-electron chi connectivity index (χ2n) is 38.2. The number of carbonyl (C=O) groups is 18. The van der Waals surface area contributed by atoms with Crippen molar-refractivity contribution >= 4 is 151 Å². The van der Waals surface area contributed by atoms with Gasteiger partial charge in [-0.3, -0.25) is 92.3 Å². The first-order chi connectivity index (χ1) is 70.3. The minimum Gasteiger partial charge on any atom is -0.508 e. The summed E-state index contributed by atoms with van der Waals surface area (Å²) in [6.07, 6.45) is 0.0473. The lowest BCUT2D eigenvalue weighted by Crippen LogP contribution is -2.62. The Labute approximate surface area is 866 Å². The highest BCUT2D eigenvalue weighted by molar-refractivity contribution is 8.76. The summed E-state index contributed by atoms with van der Waals surface area (Å²) in [5.41, 5.74) is 30.8. The second kappa shape index (κ2) is 61.3. The first kappa shape index (κ1) is 121. The number of fused-ring (bicyclic) bond motifs is 3. The van der Waals surface area contributed by atoms with E-state index in [4.69, 9.17) is 39.5 Å². The molecule has 3 aliphatic heterocycles. The molecule has 1 aromatic heterocycles. The van der Waals surface area contributed by atoms with Crippen LogP contribution in [0.2, 0.25) is 0 Å². The highest BCUT2D eigenvalue weighted by Gasteiger charge is 2.47. The summed E-state index contributed by atoms with van der Waals surface area (Å²) in [7, 11) is 1.52. The fourth-order valence-corrected chi connectivity index (χ4v) is 19.3. The van der Waals surface area contributed by atoms with Crippen molar-refractivity contribution < 1.29 is 107 Å². The van der Waals surface area contributed by atoms with Gasteiger partial charge in [0.1, 0.15) is 102 Å². The summed E-state index contributed by atoms with van der Waals surface area (Å²) >= 11 is 0. The number of guanidine groups is 2. The average molecular weight is 2110 g/mol. The normalized spacial score (nSPS) is 22.0. The van der Waals surface area contributed by atoms with Crippen molar-refractivity contribution in [2.45, 2.75) is 280 Å². The molecular weight excluding hydrogens is 1960 g/mol. The van der Waals surface area contributed by atoms with Gasteiger partial charge in [0, 0.05) is 74.0 Å². The van der Waals surface area contributed by atoms with E-state index in [-0.39, 0.29) is 160 Å². The molecule has 0 bridgehead atoms. The Hall–Kier alpha value is -13.5. The van der Waals surface area contributed by atoms with Crippen LogP contribution < -0.4 is 119 Å². The molecule has 0 saturated carbocycles. The van der Waals surface area contributed by atoms with Crippen LogP contribution in [0.1, 0.15) is 168 Å². The third-order valence-electron chi connectivity index (χ3n) is 25.1. The van der Waals surface area contributed by atoms with Crippen molar-refractivity contribution in [3.05, 3.63) is 102 Å². The van der Waals surface area contributed by atoms with Crippen LogP contribution in [0.25, 0.3) is 10.9 Å². The van der Waals surface area contributed by atoms with Crippen LogP contribution in [-0.2, 0) is 106 Å². The third kappa shape index (κ3) is 39.0. The summed E-state index contributed by atoms with van der Waals surface area (Å²) in [6, 6.07) is -6.02. The Balaban J connectivity index is 1.36. The number of rotatable bonds is 43. The largest absolute Gasteiger partial charge is 0.508 e. The molecule has 816 valence electrons. The summed E-state index contributed by atoms with van der Waals surface area (Å²) in [4.78, 5) is 271. The predicted octanol–water partition coefficient (Wildman–Crippen LogP) is -4.87. The number of aromatic nitrogens is 1. The minimum atomic E-state index is -2.02. The molecule has 3 aliphatic rings. The Morgan fingerprint density at radius 2 is 1.04 bits per heavy atom. The van der Waals surface area contributed by atoms with Gasteiger partial charge >= 0.3 is 5.97 Å². The zero-order valence-electron chi connectivity index (χ0n) is 84.7. The summed E-state index contributed by atoms with van der Waals surface area (Å²) in [6.45, 7) is 10.6. The average Bonchev–Trinajstić information content (AvgIpc) is 1.64. The number of nitrogens with one attached hydrogen (secondary N) is 20. The number of H-pyrrole nitrogens is 1. The highest BCUT2D eigenvalue weighted by Crippen LogP contribution is 2.29. The number of nitrogens with zero attached hydrogens (tertiary/aromatic N) is 2. The number of hydrogen-bond acceptors (Lipinski definition) is 28. The Bertz CT molecular complexity index is 5200. The zero-order valence-corrected chi connectivity index (χ0v) is 86.4. The number of aliphatic carboxylic acids is 1. The quantitative estimate of drug-likeness (QED) is 0.00855. The van der Waals surface area contributed by atoms with Gasteiger partial charge in [0.05, 0.1) is 25.3 Å². The number of benzene rings is 3. The molecule has 49 nitrogen and oxygen atoms in total. The molecule has 0 aliphatic carbocycles. The van der Waals surface area contributed by atoms with Gasteiger partial charge in [-0.05, 0) is 176 Å². The van der Waals surface area contributed by atoms with E-state index < -0.39 is 264 Å². The lowest BCUT2D eigenvalue weighted by Gasteiger charge is -2.33. The van der Waals surface area contributed by atoms with Crippen molar-refractivity contribution in [1.82, 2.24) is 105 Å². The number of nitrogens with two attached hydrogens (primary N) is 5. The number of carboxylic acid groups (broad SMARTS) is 1. The van der Waals surface area contributed by atoms with Crippen LogP contribution in [0, 0.1) is 28.6 Å². The molecule has 3 aromatic carbocycles. The smallest absolute Gasteiger partial charge is 0.326 e. The molecule has 18 atom stereocenters. The maximum atomic E-state index is 15.7. The van der Waals surface area contributed by atoms with E-state index in [0.29, 0.717) is 34.0 Å². The van der Waals surface area contributed by atoms with Gasteiger partial charge in [-0.25, -0.2) is 4.79 Å². The summed E-state index contributed by atoms with van der Waals surface area (Å²) in [5.74, 6) is -21.5. The number of unbranched alkanes of at least 4 members (excludes halogenated alkanes) is 2. The van der Waals surface area contributed by atoms with E-state index in [0.717, 1.165) is 28.5 Å². The molecule has 148 heavy (non-hydrogen) atoms. The number of aromatic amines is 1. The third-order valence-corrected chi connectivity index (χ3v) is 27.5. The number of aromatic hydroxyl groups is 1. The molecule has 0 radical (unpaired) electrons. The van der Waals surface area contributed by atoms with Crippen LogP contribution >= 0.6 is 21.6 Å². The molecule has 0 unspecified atom stereocenters. The van der Waals surface area contributed by atoms with Crippen molar-refractivity contribution in [3.63, 3.8) is 0 Å². The SMILES string of the molecule is CC(C)C[C@H](N)C(=O)N[C@H](C(=O)N[C@@H](CCCNC(=N)N)C(=O)NCC(=O)N[C@H]1CSSC[C@@H](C(=O)N[C@@H](Cc2ccccc2)C(=O)N[C@H](C(=O)N[C@@H](CCCNC(=N)N)C(=O)O)C(C)C)NC(=O)[C@H](C)NC(=O)[C@H](CCCCN)NC(=O)[C@@H]2CCCN2C(=O)[C@@H]2CCCN2C(=O)[C@H](Cc2ccc(O)cc2)NC(=O)[C@H](CO)NC(=O)[C@H](CCCCN)NC(=O)[C@H]([C@@H](C)O)NC(=O)[C@H](Cc2c[nH]c3ccccc23)NC1=O)C(C)C. The molecule has 3 fully saturated rings. The molecular formula is C97H149N27O22S2. The number of carboxylic acids is 1. The lowest BCUT2D eigenvalue weighted by molar-refractivity contribution is -0.148. The molecule has 51 heteroatoms. The van der Waals surface area contributed by atoms with E-state index in [1.54, 1.807) is 82.3 Å². The van der Waals surface area contributed by atoms with Crippen molar-refractivity contribution in [1.29, 1.82) is 10.8 Å². The lowest BCUT2D eigenvalue weighted by atomic mass is 10.00. The van der Waals surface area contributed by atoms with Gasteiger partial charge in [-0.15, -0.1) is 0 Å². The zero-order chi connectivity index (χ0) is 109. The molecule has 4 aromatic rings. The standard InChI is InChI=1S/C97H149N27O22S2/c1-51(2)42-61(100)80(130)120-76(52(3)4)90(140)112-63(28-18-38-105-96(101)102)81(131)108-47-75(128)110-71-49-147-148-50-72(88(138)115-67(43-56-22-10-9-11-23-56)84(134)121-77(53(5)6)91(141)114-66(95(145)146)29-19-39-106-97(103)104)119-79(129)54(7)109-82(132)64(26-14-16-36-98)111-89(139)73-30-20-40-123(73)94(144)74-31-21-41-124(74)93(143)69(44-57-32-34-59(127)35-33-57)117-86(136)70(48-125)118-83(133)65(27-15-17-37-99)113-92(142)78(55(8)126)122-85(135)68(116-87(71)137)45-58-46-107-62-25-13-12-24-60(58)62/h9-13,22-25,32-35,46,51-55,61,63-74,76-78,107,125-127H,14-21,26-31,36-45,47-50,98-100H2,1-8H3,(H,108,131)(H,109,132)(H,110,128)(H,111,139)(H,112,140)(H,113,142)(H,114,141)(H,115,138)(H,116,137)(H,117,136)(H,118,133)(H,119,129)(H,120,130)(H,121,134)(H,122,135)(H,145,146)(H4,101,102,105)(H4,103,104,106)/t54-,55+,61-,63-,64-,65-,66-,67-,68-,69-,70-,71-,72-,73-,74-,76-,77-,78-/m0/s1. The van der Waals surface area contributed by atoms with Gasteiger partial charge in [0.25, 0.3) is 0 Å². The van der Waals surface area contributed by atoms with Crippen LogP contribution in [0.5, 0.6) is 5.75 Å². The molecule has 34 N–H and O–H groups in total. The summed E-state index contributed by atoms with van der Waals surface area (Å²) < 4.78 is 0. The topological polar surface area (TPSA) is 793 Å². The number of phenols is 1. The highest BCUT2D eigenvalue weighted by atomic mass is 33.1. The Morgan fingerprint density at radius 3 is 1.62 bits per heavy atom. The summed E-state index contributed by atoms with van der Waals surface area (Å²) in [5, 5.41) is 103. The van der Waals surface area contributed by atoms with Gasteiger partial charge in [0.15, 0.2) is 11.9 Å². The van der Waals surface area contributed by atoms with Crippen LogP contribution in [-0.4, -0.2) is 326 Å². The maximum Gasteiger partial charge on any atom is 0.326 e. The first-order valence-electron chi connectivity index (χ1n) is 49.9. The fraction of sp³-hybridized carbons (Fsp3) is 0.588. The number of aliphatic hydroxyl groups is 2. The van der Waals surface area contributed by atoms with E-state index in [1.807, 2.05) is 13.8 Å². The number of para-hydroxylation sites is 1. The van der Waals surface area contributed by atoms with Crippen LogP contribution in [0.4, 0.5) is 0 Å². The van der Waals surface area contributed by atoms with E-state index in [2.05, 4.69) is 95.4 Å². The number of phenolic OH excluding ortho intramolecular Hbond substituents is 1. The van der Waals surface area contributed by atoms with Gasteiger partial charge < -0.3 is 154 Å². The predicted molar refractivity (Wildman–Crippen MR) is 552 cm³/mol. The Morgan fingerprint density at radius 1 is 0.514 bits per heavy atom. The molecule has 7 rings (SSSR count). The number of hydrogen-bond donors (Lipinski definition) is 29. The van der Waals surface area contributed by atoms with Crippen molar-refractivity contribution in [2.24, 2.45) is 46.4 Å². The number of carbonyl (C=O) groups excluding carboxylic acids is 17.